The fourth-order valence-electron chi connectivity index (χ4n) is 3.87. The Morgan fingerprint density at radius 2 is 1.88 bits per heavy atom. The number of nitrogens with zero attached hydrogens (tertiary/aromatic N) is 3. The number of hydrogen-bond acceptors (Lipinski definition) is 3. The lowest BCUT2D eigenvalue weighted by atomic mass is 10.0. The Labute approximate surface area is 149 Å². The molecule has 0 aromatic heterocycles. The van der Waals surface area contributed by atoms with Crippen molar-refractivity contribution >= 4 is 5.96 Å². The summed E-state index contributed by atoms with van der Waals surface area (Å²) in [6.07, 6.45) is 9.69. The summed E-state index contributed by atoms with van der Waals surface area (Å²) in [7, 11) is 2.23. The SMILES string of the molecule is CCNC(=NCCCC1CCCC1)NCCN1CCCN(C)CC1. The summed E-state index contributed by atoms with van der Waals surface area (Å²) in [4.78, 5) is 9.76. The van der Waals surface area contributed by atoms with Gasteiger partial charge in [-0.15, -0.1) is 0 Å². The number of likely N-dealkylation sites (N-methyl/N-ethyl adjacent to an activating group) is 1. The van der Waals surface area contributed by atoms with Gasteiger partial charge in [-0.05, 0) is 52.2 Å². The van der Waals surface area contributed by atoms with Crippen LogP contribution < -0.4 is 10.6 Å². The highest BCUT2D eigenvalue weighted by Gasteiger charge is 2.14. The molecule has 1 saturated heterocycles. The standard InChI is InChI=1S/C19H39N5/c1-3-20-19(21-11-6-10-18-8-4-5-9-18)22-12-15-24-14-7-13-23(2)16-17-24/h18H,3-17H2,1-2H3,(H2,20,21,22). The first-order chi connectivity index (χ1) is 11.8. The predicted octanol–water partition coefficient (Wildman–Crippen LogP) is 2.15. The molecule has 2 rings (SSSR count). The molecule has 0 spiro atoms. The van der Waals surface area contributed by atoms with Crippen molar-refractivity contribution in [3.63, 3.8) is 0 Å². The van der Waals surface area contributed by atoms with E-state index in [0.29, 0.717) is 0 Å². The zero-order chi connectivity index (χ0) is 17.0. The van der Waals surface area contributed by atoms with Crippen molar-refractivity contribution in [1.29, 1.82) is 0 Å². The Bertz CT molecular complexity index is 352. The molecule has 0 bridgehead atoms. The minimum atomic E-state index is 0.933. The van der Waals surface area contributed by atoms with Gasteiger partial charge < -0.3 is 20.4 Å². The molecule has 1 saturated carbocycles. The maximum absolute atomic E-state index is 4.76. The third-order valence-electron chi connectivity index (χ3n) is 5.39. The highest BCUT2D eigenvalue weighted by molar-refractivity contribution is 5.79. The van der Waals surface area contributed by atoms with Gasteiger partial charge >= 0.3 is 0 Å². The van der Waals surface area contributed by atoms with Crippen LogP contribution in [0.4, 0.5) is 0 Å². The average molecular weight is 338 g/mol. The van der Waals surface area contributed by atoms with E-state index < -0.39 is 0 Å². The van der Waals surface area contributed by atoms with Gasteiger partial charge in [-0.3, -0.25) is 4.99 Å². The van der Waals surface area contributed by atoms with Crippen LogP contribution in [0.3, 0.4) is 0 Å². The summed E-state index contributed by atoms with van der Waals surface area (Å²) in [5, 5.41) is 6.89. The molecule has 2 N–H and O–H groups in total. The van der Waals surface area contributed by atoms with Gasteiger partial charge in [0.1, 0.15) is 0 Å². The molecule has 140 valence electrons. The molecule has 1 aliphatic heterocycles. The predicted molar refractivity (Wildman–Crippen MR) is 104 cm³/mol. The van der Waals surface area contributed by atoms with Crippen LogP contribution in [0.15, 0.2) is 4.99 Å². The van der Waals surface area contributed by atoms with Gasteiger partial charge in [-0.25, -0.2) is 0 Å². The number of nitrogens with one attached hydrogen (secondary N) is 2. The molecule has 0 aromatic carbocycles. The third-order valence-corrected chi connectivity index (χ3v) is 5.39. The van der Waals surface area contributed by atoms with Crippen LogP contribution in [-0.2, 0) is 0 Å². The molecule has 0 radical (unpaired) electrons. The van der Waals surface area contributed by atoms with Crippen molar-refractivity contribution in [2.75, 3.05) is 59.4 Å². The molecule has 2 aliphatic rings. The van der Waals surface area contributed by atoms with E-state index in [2.05, 4.69) is 34.4 Å². The van der Waals surface area contributed by atoms with Gasteiger partial charge in [0.15, 0.2) is 5.96 Å². The van der Waals surface area contributed by atoms with Crippen molar-refractivity contribution in [3.05, 3.63) is 0 Å². The molecule has 0 atom stereocenters. The monoisotopic (exact) mass is 337 g/mol. The number of hydrogen-bond donors (Lipinski definition) is 2. The Kier molecular flexibility index (Phi) is 9.51. The van der Waals surface area contributed by atoms with E-state index in [1.54, 1.807) is 0 Å². The largest absolute Gasteiger partial charge is 0.357 e. The highest BCUT2D eigenvalue weighted by Crippen LogP contribution is 2.28. The normalized spacial score (nSPS) is 21.8. The molecule has 0 unspecified atom stereocenters. The van der Waals surface area contributed by atoms with Gasteiger partial charge in [0.25, 0.3) is 0 Å². The summed E-state index contributed by atoms with van der Waals surface area (Å²) in [6, 6.07) is 0. The van der Waals surface area contributed by atoms with E-state index in [0.717, 1.165) is 38.1 Å². The molecule has 5 heteroatoms. The summed E-state index contributed by atoms with van der Waals surface area (Å²) in [5.41, 5.74) is 0. The molecule has 5 nitrogen and oxygen atoms in total. The van der Waals surface area contributed by atoms with Gasteiger partial charge in [0, 0.05) is 39.3 Å². The van der Waals surface area contributed by atoms with Crippen molar-refractivity contribution in [2.45, 2.75) is 51.9 Å². The molecule has 24 heavy (non-hydrogen) atoms. The van der Waals surface area contributed by atoms with Gasteiger partial charge in [0.05, 0.1) is 0 Å². The maximum Gasteiger partial charge on any atom is 0.191 e. The van der Waals surface area contributed by atoms with Gasteiger partial charge in [0.2, 0.25) is 0 Å². The highest BCUT2D eigenvalue weighted by atomic mass is 15.2. The van der Waals surface area contributed by atoms with Crippen LogP contribution in [0.2, 0.25) is 0 Å². The van der Waals surface area contributed by atoms with E-state index in [1.807, 2.05) is 0 Å². The van der Waals surface area contributed by atoms with Crippen LogP contribution in [-0.4, -0.2) is 75.2 Å². The van der Waals surface area contributed by atoms with E-state index >= 15 is 0 Å². The lowest BCUT2D eigenvalue weighted by Crippen LogP contribution is -2.42. The second-order valence-electron chi connectivity index (χ2n) is 7.48. The Balaban J connectivity index is 1.61. The molecular formula is C19H39N5. The zero-order valence-electron chi connectivity index (χ0n) is 16.0. The topological polar surface area (TPSA) is 42.9 Å². The number of rotatable bonds is 8. The van der Waals surface area contributed by atoms with Crippen molar-refractivity contribution in [2.24, 2.45) is 10.9 Å². The summed E-state index contributed by atoms with van der Waals surface area (Å²) >= 11 is 0. The fourth-order valence-corrected chi connectivity index (χ4v) is 3.87. The molecule has 0 aromatic rings. The second-order valence-corrected chi connectivity index (χ2v) is 7.48. The third kappa shape index (κ3) is 7.84. The smallest absolute Gasteiger partial charge is 0.191 e. The van der Waals surface area contributed by atoms with Crippen molar-refractivity contribution in [1.82, 2.24) is 20.4 Å². The van der Waals surface area contributed by atoms with Crippen LogP contribution in [0.5, 0.6) is 0 Å². The molecule has 2 fully saturated rings. The van der Waals surface area contributed by atoms with Crippen molar-refractivity contribution in [3.8, 4) is 0 Å². The number of aliphatic imine (C=N–C) groups is 1. The lowest BCUT2D eigenvalue weighted by Gasteiger charge is -2.21. The first-order valence-corrected chi connectivity index (χ1v) is 10.2. The maximum atomic E-state index is 4.76. The van der Waals surface area contributed by atoms with E-state index in [1.165, 1.54) is 71.1 Å². The minimum Gasteiger partial charge on any atom is -0.357 e. The van der Waals surface area contributed by atoms with Crippen LogP contribution in [0, 0.1) is 5.92 Å². The van der Waals surface area contributed by atoms with Crippen LogP contribution >= 0.6 is 0 Å². The van der Waals surface area contributed by atoms with Crippen LogP contribution in [0.25, 0.3) is 0 Å². The summed E-state index contributed by atoms with van der Waals surface area (Å²) in [6.45, 7) is 11.0. The fraction of sp³-hybridized carbons (Fsp3) is 0.947. The Morgan fingerprint density at radius 3 is 2.67 bits per heavy atom. The molecule has 1 heterocycles. The van der Waals surface area contributed by atoms with Crippen molar-refractivity contribution < 1.29 is 0 Å². The summed E-state index contributed by atoms with van der Waals surface area (Å²) in [5.74, 6) is 1.98. The average Bonchev–Trinajstić information content (AvgIpc) is 3.01. The zero-order valence-corrected chi connectivity index (χ0v) is 16.0. The molecule has 1 aliphatic carbocycles. The molecule has 0 amide bonds. The molecular weight excluding hydrogens is 298 g/mol. The van der Waals surface area contributed by atoms with E-state index in [-0.39, 0.29) is 0 Å². The van der Waals surface area contributed by atoms with E-state index in [4.69, 9.17) is 4.99 Å². The Morgan fingerprint density at radius 1 is 1.04 bits per heavy atom. The van der Waals surface area contributed by atoms with Gasteiger partial charge in [-0.1, -0.05) is 25.7 Å². The summed E-state index contributed by atoms with van der Waals surface area (Å²) < 4.78 is 0. The second kappa shape index (κ2) is 11.7. The quantitative estimate of drug-likeness (QED) is 0.405. The van der Waals surface area contributed by atoms with Gasteiger partial charge in [-0.2, -0.15) is 0 Å². The van der Waals surface area contributed by atoms with Crippen LogP contribution in [0.1, 0.15) is 51.9 Å². The van der Waals surface area contributed by atoms with E-state index in [9.17, 15) is 0 Å². The Hall–Kier alpha value is -0.810. The number of guanidine groups is 1. The lowest BCUT2D eigenvalue weighted by molar-refractivity contribution is 0.280. The first kappa shape index (κ1) is 19.5. The minimum absolute atomic E-state index is 0.933. The first-order valence-electron chi connectivity index (χ1n) is 10.2.